The zero-order chi connectivity index (χ0) is 29.2. The van der Waals surface area contributed by atoms with Crippen LogP contribution in [0.3, 0.4) is 0 Å². The van der Waals surface area contributed by atoms with Crippen molar-refractivity contribution in [3.8, 4) is 0 Å². The van der Waals surface area contributed by atoms with Crippen molar-refractivity contribution >= 4 is 42.2 Å². The summed E-state index contributed by atoms with van der Waals surface area (Å²) in [6.45, 7) is 16.5. The van der Waals surface area contributed by atoms with E-state index in [1.807, 2.05) is 64.3 Å². The maximum absolute atomic E-state index is 13.7. The lowest BCUT2D eigenvalue weighted by atomic mass is 10.1. The molecule has 0 N–H and O–H groups in total. The fourth-order valence-electron chi connectivity index (χ4n) is 5.48. The first-order valence-electron chi connectivity index (χ1n) is 13.8. The summed E-state index contributed by atoms with van der Waals surface area (Å²) in [6.07, 6.45) is 4.90. The zero-order valence-corrected chi connectivity index (χ0v) is 26.7. The monoisotopic (exact) mass is 578 g/mol. The summed E-state index contributed by atoms with van der Waals surface area (Å²) in [5.74, 6) is 0. The minimum atomic E-state index is -2.85. The highest BCUT2D eigenvalue weighted by Crippen LogP contribution is 2.39. The average Bonchev–Trinajstić information content (AvgIpc) is 3.47. The predicted octanol–water partition coefficient (Wildman–Crippen LogP) is 6.47. The van der Waals surface area contributed by atoms with Gasteiger partial charge in [0.2, 0.25) is 0 Å². The van der Waals surface area contributed by atoms with E-state index in [1.165, 1.54) is 10.4 Å². The first-order valence-corrected chi connectivity index (χ1v) is 16.6. The Morgan fingerprint density at radius 2 is 1.60 bits per heavy atom. The van der Waals surface area contributed by atoms with E-state index in [2.05, 4.69) is 74.3 Å². The first kappa shape index (κ1) is 30.2. The Morgan fingerprint density at radius 1 is 1.02 bits per heavy atom. The molecule has 8 heteroatoms. The number of amides is 1. The second-order valence-corrected chi connectivity index (χ2v) is 17.9. The van der Waals surface area contributed by atoms with Crippen molar-refractivity contribution in [3.05, 3.63) is 83.3 Å². The Labute approximate surface area is 244 Å². The molecule has 2 atom stereocenters. The molecule has 1 amide bonds. The number of rotatable bonds is 7. The van der Waals surface area contributed by atoms with Gasteiger partial charge in [0.15, 0.2) is 0 Å². The topological polar surface area (TPSA) is 60.9 Å². The Morgan fingerprint density at radius 3 is 2.08 bits per heavy atom. The predicted molar refractivity (Wildman–Crippen MR) is 166 cm³/mol. The molecule has 1 aliphatic heterocycles. The van der Waals surface area contributed by atoms with Crippen molar-refractivity contribution < 1.29 is 18.7 Å². The van der Waals surface area contributed by atoms with Crippen molar-refractivity contribution in [2.75, 3.05) is 6.61 Å². The molecule has 1 fully saturated rings. The molecule has 1 saturated heterocycles. The van der Waals surface area contributed by atoms with E-state index < -0.39 is 37.9 Å². The van der Waals surface area contributed by atoms with Gasteiger partial charge in [-0.1, -0.05) is 87.5 Å². The van der Waals surface area contributed by atoms with E-state index in [4.69, 9.17) is 13.9 Å². The summed E-state index contributed by atoms with van der Waals surface area (Å²) >= 11 is 1.55. The molecule has 0 spiro atoms. The fourth-order valence-corrected chi connectivity index (χ4v) is 10.6. The van der Waals surface area contributed by atoms with Crippen molar-refractivity contribution in [1.29, 1.82) is 0 Å². The molecule has 214 valence electrons. The molecular formula is C32H42N2O4SSi. The number of aromatic nitrogens is 1. The minimum absolute atomic E-state index is 0.201. The minimum Gasteiger partial charge on any atom is -0.444 e. The molecule has 1 aliphatic rings. The SMILES string of the molecule is CC(C)(C)OC(=O)N1[C@H](CO[Si](c2ccccc2)(c2ccccc2)C(C)(C)C)[C@@H](/C=C/c2nccs2)OC1(C)C. The third-order valence-electron chi connectivity index (χ3n) is 7.07. The van der Waals surface area contributed by atoms with Crippen LogP contribution in [0.1, 0.15) is 60.4 Å². The maximum Gasteiger partial charge on any atom is 0.413 e. The number of carbonyl (C=O) groups is 1. The molecule has 4 rings (SSSR count). The normalized spacial score (nSPS) is 19.8. The van der Waals surface area contributed by atoms with Crippen LogP contribution in [-0.2, 0) is 13.9 Å². The van der Waals surface area contributed by atoms with Gasteiger partial charge in [-0.05, 0) is 56.1 Å². The Balaban J connectivity index is 1.79. The number of hydrogen-bond acceptors (Lipinski definition) is 6. The van der Waals surface area contributed by atoms with E-state index in [0.29, 0.717) is 0 Å². The summed E-state index contributed by atoms with van der Waals surface area (Å²) in [6, 6.07) is 20.6. The van der Waals surface area contributed by atoms with Crippen molar-refractivity contribution in [2.24, 2.45) is 0 Å². The van der Waals surface area contributed by atoms with Crippen LogP contribution < -0.4 is 10.4 Å². The van der Waals surface area contributed by atoms with Gasteiger partial charge < -0.3 is 13.9 Å². The molecule has 2 heterocycles. The Kier molecular flexibility index (Phi) is 8.76. The van der Waals surface area contributed by atoms with Crippen LogP contribution in [0.15, 0.2) is 78.3 Å². The van der Waals surface area contributed by atoms with Crippen molar-refractivity contribution in [3.63, 3.8) is 0 Å². The highest BCUT2D eigenvalue weighted by molar-refractivity contribution is 7.10. The molecule has 6 nitrogen and oxygen atoms in total. The first-order chi connectivity index (χ1) is 18.7. The maximum atomic E-state index is 13.7. The number of carbonyl (C=O) groups excluding carboxylic acids is 1. The number of hydrogen-bond donors (Lipinski definition) is 0. The number of benzene rings is 2. The van der Waals surface area contributed by atoms with Gasteiger partial charge in [0.1, 0.15) is 22.4 Å². The largest absolute Gasteiger partial charge is 0.444 e. The van der Waals surface area contributed by atoms with Crippen LogP contribution >= 0.6 is 11.3 Å². The highest BCUT2D eigenvalue weighted by atomic mass is 32.1. The molecule has 0 bridgehead atoms. The van der Waals surface area contributed by atoms with Crippen LogP contribution in [0.25, 0.3) is 6.08 Å². The molecular weight excluding hydrogens is 537 g/mol. The number of ether oxygens (including phenoxy) is 2. The second kappa shape index (κ2) is 11.6. The Hall–Kier alpha value is -2.78. The van der Waals surface area contributed by atoms with E-state index >= 15 is 0 Å². The third kappa shape index (κ3) is 6.41. The van der Waals surface area contributed by atoms with Gasteiger partial charge in [-0.25, -0.2) is 9.78 Å². The summed E-state index contributed by atoms with van der Waals surface area (Å²) in [7, 11) is -2.85. The van der Waals surface area contributed by atoms with Gasteiger partial charge in [-0.15, -0.1) is 11.3 Å². The lowest BCUT2D eigenvalue weighted by Crippen LogP contribution is -2.67. The van der Waals surface area contributed by atoms with E-state index in [-0.39, 0.29) is 11.6 Å². The summed E-state index contributed by atoms with van der Waals surface area (Å²) in [5, 5.41) is 4.99. The molecule has 0 saturated carbocycles. The van der Waals surface area contributed by atoms with Gasteiger partial charge >= 0.3 is 6.09 Å². The molecule has 3 aromatic rings. The summed E-state index contributed by atoms with van der Waals surface area (Å²) in [4.78, 5) is 19.8. The quantitative estimate of drug-likeness (QED) is 0.301. The lowest BCUT2D eigenvalue weighted by molar-refractivity contribution is -0.0721. The average molecular weight is 579 g/mol. The van der Waals surface area contributed by atoms with Gasteiger partial charge in [0.25, 0.3) is 8.32 Å². The van der Waals surface area contributed by atoms with E-state index in [0.717, 1.165) is 5.01 Å². The molecule has 40 heavy (non-hydrogen) atoms. The smallest absolute Gasteiger partial charge is 0.413 e. The lowest BCUT2D eigenvalue weighted by Gasteiger charge is -2.44. The standard InChI is InChI=1S/C32H42N2O4SSi/c1-30(2,3)38-29(35)34-26(27(37-32(34,7)8)19-20-28-33-21-22-39-28)23-36-40(31(4,5)6,24-15-11-9-12-16-24)25-17-13-10-14-18-25/h9-22,26-27H,23H2,1-8H3/b20-19+/t26-,27-/m1/s1. The van der Waals surface area contributed by atoms with Gasteiger partial charge in [0.05, 0.1) is 12.6 Å². The number of thiazole rings is 1. The van der Waals surface area contributed by atoms with Gasteiger partial charge in [0, 0.05) is 11.6 Å². The van der Waals surface area contributed by atoms with Crippen LogP contribution in [0, 0.1) is 0 Å². The molecule has 0 radical (unpaired) electrons. The fraction of sp³-hybridized carbons (Fsp3) is 0.438. The summed E-state index contributed by atoms with van der Waals surface area (Å²) in [5.41, 5.74) is -1.55. The van der Waals surface area contributed by atoms with Crippen LogP contribution in [0.2, 0.25) is 5.04 Å². The van der Waals surface area contributed by atoms with Crippen LogP contribution in [-0.4, -0.2) is 54.4 Å². The summed E-state index contributed by atoms with van der Waals surface area (Å²) < 4.78 is 19.7. The Bertz CT molecular complexity index is 1240. The van der Waals surface area contributed by atoms with E-state index in [1.54, 1.807) is 22.4 Å². The molecule has 1 aromatic heterocycles. The third-order valence-corrected chi connectivity index (χ3v) is 12.8. The van der Waals surface area contributed by atoms with Crippen LogP contribution in [0.5, 0.6) is 0 Å². The molecule has 2 aromatic carbocycles. The van der Waals surface area contributed by atoms with Crippen molar-refractivity contribution in [1.82, 2.24) is 9.88 Å². The van der Waals surface area contributed by atoms with Crippen LogP contribution in [0.4, 0.5) is 4.79 Å². The van der Waals surface area contributed by atoms with Gasteiger partial charge in [-0.3, -0.25) is 4.90 Å². The van der Waals surface area contributed by atoms with Crippen molar-refractivity contribution in [2.45, 2.75) is 83.9 Å². The molecule has 0 aliphatic carbocycles. The van der Waals surface area contributed by atoms with Gasteiger partial charge in [-0.2, -0.15) is 0 Å². The second-order valence-electron chi connectivity index (χ2n) is 12.7. The molecule has 0 unspecified atom stereocenters. The number of nitrogens with zero attached hydrogens (tertiary/aromatic N) is 2. The highest BCUT2D eigenvalue weighted by Gasteiger charge is 2.54. The van der Waals surface area contributed by atoms with E-state index in [9.17, 15) is 4.79 Å². The zero-order valence-electron chi connectivity index (χ0n) is 24.9.